The third kappa shape index (κ3) is 3.96. The van der Waals surface area contributed by atoms with E-state index in [4.69, 9.17) is 10.7 Å². The van der Waals surface area contributed by atoms with Crippen molar-refractivity contribution in [3.8, 4) is 11.2 Å². The Bertz CT molecular complexity index is 295. The van der Waals surface area contributed by atoms with Gasteiger partial charge in [-0.2, -0.15) is 8.42 Å². The minimum absolute atomic E-state index is 0.180. The predicted molar refractivity (Wildman–Crippen MR) is 48.1 cm³/mol. The molecule has 0 atom stereocenters. The van der Waals surface area contributed by atoms with Gasteiger partial charge in [0.05, 0.1) is 0 Å². The molecule has 3 nitrogen and oxygen atoms in total. The topological polar surface area (TPSA) is 46.2 Å². The lowest BCUT2D eigenvalue weighted by Gasteiger charge is -2.16. The summed E-state index contributed by atoms with van der Waals surface area (Å²) in [6, 6.07) is 0. The van der Waals surface area contributed by atoms with Crippen molar-refractivity contribution in [2.45, 2.75) is 12.8 Å². The van der Waals surface area contributed by atoms with Crippen LogP contribution < -0.4 is 5.32 Å². The monoisotopic (exact) mass is 207 g/mol. The Labute approximate surface area is 76.9 Å². The van der Waals surface area contributed by atoms with Gasteiger partial charge in [-0.1, -0.05) is 5.92 Å². The molecule has 0 amide bonds. The van der Waals surface area contributed by atoms with Gasteiger partial charge in [-0.3, -0.25) is 0 Å². The second kappa shape index (κ2) is 4.13. The molecule has 0 spiro atoms. The standard InChI is InChI=1S/C7H10ClNO2S/c8-12(10,11)6-3-7-1-4-9-5-2-7/h7,9H,1-2,4-5H2. The third-order valence-corrected chi connectivity index (χ3v) is 2.32. The highest BCUT2D eigenvalue weighted by Crippen LogP contribution is 2.10. The summed E-state index contributed by atoms with van der Waals surface area (Å²) in [4.78, 5) is 0. The second-order valence-corrected chi connectivity index (χ2v) is 5.01. The van der Waals surface area contributed by atoms with Gasteiger partial charge in [-0.15, -0.1) is 0 Å². The van der Waals surface area contributed by atoms with Gasteiger partial charge >= 0.3 is 9.05 Å². The lowest BCUT2D eigenvalue weighted by atomic mass is 10.00. The van der Waals surface area contributed by atoms with E-state index in [9.17, 15) is 8.42 Å². The summed E-state index contributed by atoms with van der Waals surface area (Å²) >= 11 is 0. The first kappa shape index (κ1) is 9.85. The molecule has 1 aliphatic heterocycles. The molecule has 1 heterocycles. The second-order valence-electron chi connectivity index (χ2n) is 2.71. The molecule has 0 bridgehead atoms. The van der Waals surface area contributed by atoms with Gasteiger partial charge in [0.15, 0.2) is 0 Å². The molecule has 0 radical (unpaired) electrons. The number of rotatable bonds is 0. The fourth-order valence-electron chi connectivity index (χ4n) is 1.12. The minimum atomic E-state index is -3.63. The summed E-state index contributed by atoms with van der Waals surface area (Å²) in [5.41, 5.74) is 0. The molecule has 12 heavy (non-hydrogen) atoms. The van der Waals surface area contributed by atoms with Crippen LogP contribution in [0.5, 0.6) is 0 Å². The summed E-state index contributed by atoms with van der Waals surface area (Å²) in [5.74, 6) is 2.83. The smallest absolute Gasteiger partial charge is 0.300 e. The molecule has 0 aliphatic carbocycles. The molecule has 1 fully saturated rings. The van der Waals surface area contributed by atoms with Crippen molar-refractivity contribution < 1.29 is 8.42 Å². The summed E-state index contributed by atoms with van der Waals surface area (Å²) in [7, 11) is 1.30. The fourth-order valence-corrected chi connectivity index (χ4v) is 1.56. The van der Waals surface area contributed by atoms with Gasteiger partial charge in [0, 0.05) is 21.9 Å². The Morgan fingerprint density at radius 3 is 2.42 bits per heavy atom. The maximum absolute atomic E-state index is 10.5. The first-order valence-corrected chi connectivity index (χ1v) is 6.06. The molecule has 68 valence electrons. The van der Waals surface area contributed by atoms with Crippen LogP contribution in [0, 0.1) is 17.1 Å². The van der Waals surface area contributed by atoms with E-state index in [0.717, 1.165) is 25.9 Å². The zero-order chi connectivity index (χ0) is 9.03. The molecule has 1 aliphatic rings. The van der Waals surface area contributed by atoms with Crippen LogP contribution in [0.15, 0.2) is 0 Å². The number of hydrogen-bond donors (Lipinski definition) is 1. The molecule has 1 N–H and O–H groups in total. The minimum Gasteiger partial charge on any atom is -0.317 e. The average Bonchev–Trinajstić information content (AvgIpc) is 2.02. The molecule has 0 saturated carbocycles. The Kier molecular flexibility index (Phi) is 3.39. The molecule has 1 rings (SSSR count). The van der Waals surface area contributed by atoms with Gasteiger partial charge in [0.25, 0.3) is 0 Å². The van der Waals surface area contributed by atoms with Crippen molar-refractivity contribution in [2.75, 3.05) is 13.1 Å². The van der Waals surface area contributed by atoms with E-state index in [0.29, 0.717) is 0 Å². The van der Waals surface area contributed by atoms with Crippen molar-refractivity contribution in [3.05, 3.63) is 0 Å². The Balaban J connectivity index is 2.53. The SMILES string of the molecule is O=S(=O)(Cl)C#CC1CCNCC1. The lowest BCUT2D eigenvalue weighted by molar-refractivity contribution is 0.448. The van der Waals surface area contributed by atoms with E-state index in [-0.39, 0.29) is 5.92 Å². The Hall–Kier alpha value is -0.240. The van der Waals surface area contributed by atoms with Gasteiger partial charge in [-0.25, -0.2) is 0 Å². The zero-order valence-corrected chi connectivity index (χ0v) is 8.08. The van der Waals surface area contributed by atoms with E-state index in [1.165, 1.54) is 0 Å². The Morgan fingerprint density at radius 2 is 1.92 bits per heavy atom. The zero-order valence-electron chi connectivity index (χ0n) is 6.51. The van der Waals surface area contributed by atoms with E-state index in [2.05, 4.69) is 16.5 Å². The van der Waals surface area contributed by atoms with Crippen LogP contribution in [0.3, 0.4) is 0 Å². The van der Waals surface area contributed by atoms with Crippen molar-refractivity contribution in [1.29, 1.82) is 0 Å². The average molecular weight is 208 g/mol. The largest absolute Gasteiger partial charge is 0.317 e. The summed E-state index contributed by atoms with van der Waals surface area (Å²) in [6.07, 6.45) is 1.80. The number of halogens is 1. The third-order valence-electron chi connectivity index (χ3n) is 1.72. The normalized spacial score (nSPS) is 19.8. The molecular weight excluding hydrogens is 198 g/mol. The van der Waals surface area contributed by atoms with E-state index in [1.54, 1.807) is 0 Å². The Morgan fingerprint density at radius 1 is 1.33 bits per heavy atom. The van der Waals surface area contributed by atoms with Crippen LogP contribution in [0.25, 0.3) is 0 Å². The number of nitrogens with one attached hydrogen (secondary N) is 1. The van der Waals surface area contributed by atoms with Gasteiger partial charge in [0.1, 0.15) is 0 Å². The van der Waals surface area contributed by atoms with E-state index >= 15 is 0 Å². The van der Waals surface area contributed by atoms with Gasteiger partial charge < -0.3 is 5.32 Å². The van der Waals surface area contributed by atoms with Crippen LogP contribution in [0.1, 0.15) is 12.8 Å². The van der Waals surface area contributed by atoms with Crippen molar-refractivity contribution >= 4 is 19.7 Å². The highest BCUT2D eigenvalue weighted by Gasteiger charge is 2.10. The van der Waals surface area contributed by atoms with Crippen LogP contribution in [0.2, 0.25) is 0 Å². The van der Waals surface area contributed by atoms with Crippen molar-refractivity contribution in [1.82, 2.24) is 5.32 Å². The molecular formula is C7H10ClNO2S. The molecule has 0 aromatic carbocycles. The first-order chi connectivity index (χ1) is 5.58. The van der Waals surface area contributed by atoms with E-state index < -0.39 is 9.05 Å². The predicted octanol–water partition coefficient (Wildman–Crippen LogP) is 0.516. The van der Waals surface area contributed by atoms with Crippen molar-refractivity contribution in [3.63, 3.8) is 0 Å². The number of piperidine rings is 1. The van der Waals surface area contributed by atoms with Crippen LogP contribution in [-0.2, 0) is 9.05 Å². The van der Waals surface area contributed by atoms with Gasteiger partial charge in [-0.05, 0) is 25.9 Å². The number of hydrogen-bond acceptors (Lipinski definition) is 3. The fraction of sp³-hybridized carbons (Fsp3) is 0.714. The van der Waals surface area contributed by atoms with Crippen LogP contribution >= 0.6 is 10.7 Å². The van der Waals surface area contributed by atoms with Crippen LogP contribution in [0.4, 0.5) is 0 Å². The molecule has 0 aromatic heterocycles. The molecule has 1 saturated heterocycles. The highest BCUT2D eigenvalue weighted by molar-refractivity contribution is 8.17. The molecule has 0 unspecified atom stereocenters. The first-order valence-electron chi connectivity index (χ1n) is 3.75. The highest BCUT2D eigenvalue weighted by atomic mass is 35.7. The molecule has 5 heteroatoms. The maximum atomic E-state index is 10.5. The summed E-state index contributed by atoms with van der Waals surface area (Å²) in [6.45, 7) is 1.81. The molecule has 0 aromatic rings. The van der Waals surface area contributed by atoms with Crippen molar-refractivity contribution in [2.24, 2.45) is 5.92 Å². The van der Waals surface area contributed by atoms with E-state index in [1.807, 2.05) is 0 Å². The van der Waals surface area contributed by atoms with Crippen LogP contribution in [-0.4, -0.2) is 21.5 Å². The quantitative estimate of drug-likeness (QED) is 0.465. The maximum Gasteiger partial charge on any atom is 0.300 e. The lowest BCUT2D eigenvalue weighted by Crippen LogP contribution is -2.27. The van der Waals surface area contributed by atoms with Gasteiger partial charge in [0.2, 0.25) is 0 Å². The summed E-state index contributed by atoms with van der Waals surface area (Å²) < 4.78 is 20.9. The summed E-state index contributed by atoms with van der Waals surface area (Å²) in [5, 5.41) is 5.21.